The molecule has 0 amide bonds. The average Bonchev–Trinajstić information content (AvgIpc) is 2.36. The third-order valence-corrected chi connectivity index (χ3v) is 2.88. The molecule has 110 valence electrons. The van der Waals surface area contributed by atoms with E-state index < -0.39 is 61.4 Å². The van der Waals surface area contributed by atoms with Gasteiger partial charge in [0.25, 0.3) is 0 Å². The number of ether oxygens (including phenoxy) is 1. The standard InChI is InChI=1S/C10H16O9/c11-3(12)1-2-4(13)19-10-8(17)6(15)5(14)7(16)9(10)18/h5-10,14-18H,1-2H2,(H,11,12)/t5?,6-,7-,8-,9+,10?/m0/s1. The van der Waals surface area contributed by atoms with Crippen molar-refractivity contribution in [2.45, 2.75) is 49.5 Å². The normalized spacial score (nSPS) is 38.8. The Morgan fingerprint density at radius 3 is 1.63 bits per heavy atom. The summed E-state index contributed by atoms with van der Waals surface area (Å²) in [5, 5.41) is 55.5. The first-order chi connectivity index (χ1) is 8.75. The van der Waals surface area contributed by atoms with Gasteiger partial charge < -0.3 is 35.4 Å². The Bertz CT molecular complexity index is 328. The fourth-order valence-electron chi connectivity index (χ4n) is 1.76. The third-order valence-electron chi connectivity index (χ3n) is 2.88. The molecule has 0 spiro atoms. The van der Waals surface area contributed by atoms with Gasteiger partial charge in [-0.05, 0) is 0 Å². The van der Waals surface area contributed by atoms with Crippen LogP contribution < -0.4 is 0 Å². The van der Waals surface area contributed by atoms with Crippen molar-refractivity contribution in [2.24, 2.45) is 0 Å². The maximum absolute atomic E-state index is 11.3. The van der Waals surface area contributed by atoms with Crippen LogP contribution in [0.4, 0.5) is 0 Å². The predicted octanol–water partition coefficient (Wildman–Crippen LogP) is -3.42. The van der Waals surface area contributed by atoms with Crippen LogP contribution in [0.5, 0.6) is 0 Å². The van der Waals surface area contributed by atoms with Gasteiger partial charge in [-0.1, -0.05) is 0 Å². The average molecular weight is 280 g/mol. The van der Waals surface area contributed by atoms with E-state index in [2.05, 4.69) is 4.74 Å². The number of rotatable bonds is 4. The molecular formula is C10H16O9. The first-order valence-corrected chi connectivity index (χ1v) is 5.57. The second-order valence-electron chi connectivity index (χ2n) is 4.30. The second-order valence-corrected chi connectivity index (χ2v) is 4.30. The van der Waals surface area contributed by atoms with Crippen molar-refractivity contribution in [1.82, 2.24) is 0 Å². The molecule has 0 radical (unpaired) electrons. The molecule has 1 aliphatic carbocycles. The largest absolute Gasteiger partial charge is 0.481 e. The van der Waals surface area contributed by atoms with E-state index in [1.54, 1.807) is 0 Å². The molecule has 0 aromatic heterocycles. The zero-order valence-corrected chi connectivity index (χ0v) is 9.79. The smallest absolute Gasteiger partial charge is 0.306 e. The summed E-state index contributed by atoms with van der Waals surface area (Å²) in [4.78, 5) is 21.5. The molecule has 0 aromatic carbocycles. The van der Waals surface area contributed by atoms with Crippen LogP contribution in [0.1, 0.15) is 12.8 Å². The first kappa shape index (κ1) is 15.8. The summed E-state index contributed by atoms with van der Waals surface area (Å²) in [6, 6.07) is 0. The molecule has 1 rings (SSSR count). The molecule has 0 aromatic rings. The molecule has 1 aliphatic rings. The number of aliphatic hydroxyl groups excluding tert-OH is 5. The molecular weight excluding hydrogens is 264 g/mol. The number of carbonyl (C=O) groups excluding carboxylic acids is 1. The highest BCUT2D eigenvalue weighted by molar-refractivity contribution is 5.76. The van der Waals surface area contributed by atoms with Crippen molar-refractivity contribution in [2.75, 3.05) is 0 Å². The molecule has 1 fully saturated rings. The molecule has 19 heavy (non-hydrogen) atoms. The van der Waals surface area contributed by atoms with Crippen LogP contribution in [0.15, 0.2) is 0 Å². The number of carbonyl (C=O) groups is 2. The van der Waals surface area contributed by atoms with E-state index in [9.17, 15) is 35.1 Å². The van der Waals surface area contributed by atoms with Crippen LogP contribution >= 0.6 is 0 Å². The molecule has 0 aliphatic heterocycles. The van der Waals surface area contributed by atoms with E-state index in [4.69, 9.17) is 5.11 Å². The highest BCUT2D eigenvalue weighted by Gasteiger charge is 2.50. The molecule has 6 N–H and O–H groups in total. The lowest BCUT2D eigenvalue weighted by Crippen LogP contribution is -2.64. The Morgan fingerprint density at radius 1 is 0.789 bits per heavy atom. The van der Waals surface area contributed by atoms with Gasteiger partial charge in [0, 0.05) is 0 Å². The lowest BCUT2D eigenvalue weighted by Gasteiger charge is -2.41. The maximum Gasteiger partial charge on any atom is 0.306 e. The second kappa shape index (κ2) is 6.26. The zero-order valence-electron chi connectivity index (χ0n) is 9.79. The summed E-state index contributed by atoms with van der Waals surface area (Å²) in [5.74, 6) is -2.24. The fourth-order valence-corrected chi connectivity index (χ4v) is 1.76. The van der Waals surface area contributed by atoms with Gasteiger partial charge in [-0.3, -0.25) is 9.59 Å². The molecule has 9 heteroatoms. The summed E-state index contributed by atoms with van der Waals surface area (Å²) in [7, 11) is 0. The van der Waals surface area contributed by atoms with E-state index >= 15 is 0 Å². The van der Waals surface area contributed by atoms with Gasteiger partial charge in [-0.15, -0.1) is 0 Å². The van der Waals surface area contributed by atoms with Gasteiger partial charge >= 0.3 is 11.9 Å². The maximum atomic E-state index is 11.3. The van der Waals surface area contributed by atoms with E-state index in [-0.39, 0.29) is 0 Å². The molecule has 9 nitrogen and oxygen atoms in total. The summed E-state index contributed by atoms with van der Waals surface area (Å²) in [5.41, 5.74) is 0. The van der Waals surface area contributed by atoms with Crippen molar-refractivity contribution in [3.05, 3.63) is 0 Å². The molecule has 1 saturated carbocycles. The number of aliphatic hydroxyl groups is 5. The zero-order chi connectivity index (χ0) is 14.7. The highest BCUT2D eigenvalue weighted by Crippen LogP contribution is 2.24. The van der Waals surface area contributed by atoms with Gasteiger partial charge in [0.05, 0.1) is 12.8 Å². The van der Waals surface area contributed by atoms with Gasteiger partial charge in [-0.25, -0.2) is 0 Å². The van der Waals surface area contributed by atoms with Crippen LogP contribution in [0.25, 0.3) is 0 Å². The van der Waals surface area contributed by atoms with E-state index in [0.29, 0.717) is 0 Å². The van der Waals surface area contributed by atoms with Crippen LogP contribution in [-0.4, -0.2) is 79.2 Å². The number of carboxylic acids is 1. The van der Waals surface area contributed by atoms with Crippen molar-refractivity contribution >= 4 is 11.9 Å². The number of hydrogen-bond donors (Lipinski definition) is 6. The van der Waals surface area contributed by atoms with Crippen LogP contribution in [0.2, 0.25) is 0 Å². The molecule has 0 heterocycles. The van der Waals surface area contributed by atoms with E-state index in [1.165, 1.54) is 0 Å². The van der Waals surface area contributed by atoms with Gasteiger partial charge in [0.1, 0.15) is 30.5 Å². The summed E-state index contributed by atoms with van der Waals surface area (Å²) < 4.78 is 4.62. The van der Waals surface area contributed by atoms with Crippen LogP contribution in [-0.2, 0) is 14.3 Å². The summed E-state index contributed by atoms with van der Waals surface area (Å²) >= 11 is 0. The Labute approximate surface area is 107 Å². The minimum absolute atomic E-state index is 0.486. The van der Waals surface area contributed by atoms with Crippen molar-refractivity contribution < 1.29 is 45.0 Å². The molecule has 0 bridgehead atoms. The summed E-state index contributed by atoms with van der Waals surface area (Å²) in [6.45, 7) is 0. The molecule has 2 unspecified atom stereocenters. The Kier molecular flexibility index (Phi) is 5.20. The van der Waals surface area contributed by atoms with Gasteiger partial charge in [0.15, 0.2) is 6.10 Å². The molecule has 6 atom stereocenters. The summed E-state index contributed by atoms with van der Waals surface area (Å²) in [6.07, 6.45) is -11.6. The van der Waals surface area contributed by atoms with Gasteiger partial charge in [-0.2, -0.15) is 0 Å². The van der Waals surface area contributed by atoms with Crippen molar-refractivity contribution in [3.8, 4) is 0 Å². The number of aliphatic carboxylic acids is 1. The van der Waals surface area contributed by atoms with E-state index in [1.807, 2.05) is 0 Å². The Morgan fingerprint density at radius 2 is 1.21 bits per heavy atom. The van der Waals surface area contributed by atoms with Gasteiger partial charge in [0.2, 0.25) is 0 Å². The Balaban J connectivity index is 2.65. The lowest BCUT2D eigenvalue weighted by molar-refractivity contribution is -0.233. The van der Waals surface area contributed by atoms with E-state index in [0.717, 1.165) is 0 Å². The minimum atomic E-state index is -1.80. The number of esters is 1. The predicted molar refractivity (Wildman–Crippen MR) is 56.8 cm³/mol. The van der Waals surface area contributed by atoms with Crippen molar-refractivity contribution in [3.63, 3.8) is 0 Å². The number of carboxylic acid groups (broad SMARTS) is 1. The minimum Gasteiger partial charge on any atom is -0.481 e. The fraction of sp³-hybridized carbons (Fsp3) is 0.800. The van der Waals surface area contributed by atoms with Crippen LogP contribution in [0.3, 0.4) is 0 Å². The first-order valence-electron chi connectivity index (χ1n) is 5.57. The lowest BCUT2D eigenvalue weighted by atomic mass is 9.85. The van der Waals surface area contributed by atoms with Crippen molar-refractivity contribution in [1.29, 1.82) is 0 Å². The SMILES string of the molecule is O=C(O)CCC(=O)OC1[C@@H](O)[C@@H](O)C(O)[C@H](O)[C@H]1O. The topological polar surface area (TPSA) is 165 Å². The highest BCUT2D eigenvalue weighted by atomic mass is 16.6. The molecule has 0 saturated heterocycles. The third kappa shape index (κ3) is 3.61. The van der Waals surface area contributed by atoms with Crippen LogP contribution in [0, 0.1) is 0 Å². The Hall–Kier alpha value is -1.26. The monoisotopic (exact) mass is 280 g/mol. The number of hydrogen-bond acceptors (Lipinski definition) is 8. The quantitative estimate of drug-likeness (QED) is 0.287.